The van der Waals surface area contributed by atoms with E-state index in [1.165, 1.54) is 0 Å². The molecule has 0 saturated carbocycles. The highest BCUT2D eigenvalue weighted by atomic mass is 127. The molecule has 0 unspecified atom stereocenters. The number of guanidine groups is 1. The highest BCUT2D eigenvalue weighted by molar-refractivity contribution is 14.0. The van der Waals surface area contributed by atoms with Crippen LogP contribution in [0.1, 0.15) is 55.4 Å². The molecule has 9 heteroatoms. The Hall–Kier alpha value is -1.65. The van der Waals surface area contributed by atoms with E-state index >= 15 is 0 Å². The van der Waals surface area contributed by atoms with E-state index in [2.05, 4.69) is 37.8 Å². The number of aliphatic imine (C=N–C) groups is 1. The Kier molecular flexibility index (Phi) is 9.03. The average molecular weight is 475 g/mol. The molecule has 0 aromatic carbocycles. The quantitative estimate of drug-likeness (QED) is 0.363. The van der Waals surface area contributed by atoms with Crippen molar-refractivity contribution in [3.63, 3.8) is 0 Å². The molecule has 0 fully saturated rings. The second-order valence-electron chi connectivity index (χ2n) is 6.35. The van der Waals surface area contributed by atoms with Crippen LogP contribution in [0.15, 0.2) is 9.52 Å². The van der Waals surface area contributed by atoms with Crippen molar-refractivity contribution in [1.29, 1.82) is 0 Å². The normalized spacial score (nSPS) is 11.6. The van der Waals surface area contributed by atoms with E-state index in [-0.39, 0.29) is 29.9 Å². The molecule has 8 nitrogen and oxygen atoms in total. The highest BCUT2D eigenvalue weighted by Gasteiger charge is 2.11. The van der Waals surface area contributed by atoms with Gasteiger partial charge in [-0.3, -0.25) is 4.68 Å². The molecule has 0 aliphatic rings. The standard InChI is InChI=1S/C17H29N7O.HI/c1-7-18-17(20-10-14-12(4)22-24(6)13(14)5)19-9-8-15-21-16(11(2)3)23-25-15;/h11H,7-10H2,1-6H3,(H2,18,19,20);1H. The number of hydrogen-bond donors (Lipinski definition) is 2. The molecule has 0 spiro atoms. The molecule has 26 heavy (non-hydrogen) atoms. The van der Waals surface area contributed by atoms with E-state index in [4.69, 9.17) is 4.52 Å². The molecule has 0 saturated heterocycles. The number of nitrogens with zero attached hydrogens (tertiary/aromatic N) is 5. The summed E-state index contributed by atoms with van der Waals surface area (Å²) in [4.78, 5) is 9.04. The number of aromatic nitrogens is 4. The molecule has 146 valence electrons. The zero-order valence-electron chi connectivity index (χ0n) is 16.5. The smallest absolute Gasteiger partial charge is 0.228 e. The molecule has 0 atom stereocenters. The van der Waals surface area contributed by atoms with Crippen molar-refractivity contribution in [1.82, 2.24) is 30.6 Å². The van der Waals surface area contributed by atoms with E-state index in [0.29, 0.717) is 25.4 Å². The van der Waals surface area contributed by atoms with Crippen LogP contribution in [0.2, 0.25) is 0 Å². The molecule has 0 amide bonds. The van der Waals surface area contributed by atoms with E-state index in [0.717, 1.165) is 35.3 Å². The van der Waals surface area contributed by atoms with Crippen LogP contribution in [-0.2, 0) is 20.0 Å². The number of halogens is 1. The van der Waals surface area contributed by atoms with Gasteiger partial charge in [0.05, 0.1) is 12.2 Å². The number of nitrogens with one attached hydrogen (secondary N) is 2. The lowest BCUT2D eigenvalue weighted by Gasteiger charge is -2.10. The van der Waals surface area contributed by atoms with Gasteiger partial charge < -0.3 is 15.2 Å². The van der Waals surface area contributed by atoms with Crippen LogP contribution in [0.25, 0.3) is 0 Å². The summed E-state index contributed by atoms with van der Waals surface area (Å²) in [6, 6.07) is 0. The maximum atomic E-state index is 5.26. The van der Waals surface area contributed by atoms with Crippen LogP contribution in [-0.4, -0.2) is 39.0 Å². The third kappa shape index (κ3) is 5.96. The lowest BCUT2D eigenvalue weighted by Crippen LogP contribution is -2.38. The van der Waals surface area contributed by atoms with Crippen molar-refractivity contribution in [2.75, 3.05) is 13.1 Å². The van der Waals surface area contributed by atoms with Gasteiger partial charge in [0.2, 0.25) is 5.89 Å². The van der Waals surface area contributed by atoms with Crippen LogP contribution < -0.4 is 10.6 Å². The van der Waals surface area contributed by atoms with E-state index in [9.17, 15) is 0 Å². The van der Waals surface area contributed by atoms with Gasteiger partial charge in [-0.05, 0) is 20.8 Å². The fourth-order valence-electron chi connectivity index (χ4n) is 2.44. The summed E-state index contributed by atoms with van der Waals surface area (Å²) in [6.07, 6.45) is 0.662. The Balaban J connectivity index is 0.00000338. The third-order valence-electron chi connectivity index (χ3n) is 4.03. The zero-order valence-corrected chi connectivity index (χ0v) is 18.8. The van der Waals surface area contributed by atoms with Gasteiger partial charge >= 0.3 is 0 Å². The average Bonchev–Trinajstić information content (AvgIpc) is 3.12. The van der Waals surface area contributed by atoms with Crippen molar-refractivity contribution in [3.8, 4) is 0 Å². The summed E-state index contributed by atoms with van der Waals surface area (Å²) in [7, 11) is 1.95. The first-order chi connectivity index (χ1) is 11.9. The van der Waals surface area contributed by atoms with Gasteiger partial charge in [0.1, 0.15) is 0 Å². The minimum Gasteiger partial charge on any atom is -0.357 e. The van der Waals surface area contributed by atoms with Crippen LogP contribution >= 0.6 is 24.0 Å². The fraction of sp³-hybridized carbons (Fsp3) is 0.647. The van der Waals surface area contributed by atoms with E-state index < -0.39 is 0 Å². The molecular formula is C17H30IN7O. The van der Waals surface area contributed by atoms with Crippen molar-refractivity contribution >= 4 is 29.9 Å². The number of rotatable bonds is 7. The van der Waals surface area contributed by atoms with Crippen LogP contribution in [0.5, 0.6) is 0 Å². The summed E-state index contributed by atoms with van der Waals surface area (Å²) in [5.41, 5.74) is 3.33. The summed E-state index contributed by atoms with van der Waals surface area (Å²) < 4.78 is 7.15. The molecule has 2 N–H and O–H groups in total. The molecule has 2 aromatic heterocycles. The molecule has 0 aliphatic carbocycles. The monoisotopic (exact) mass is 475 g/mol. The second kappa shape index (κ2) is 10.5. The van der Waals surface area contributed by atoms with Gasteiger partial charge in [0.25, 0.3) is 0 Å². The zero-order chi connectivity index (χ0) is 18.4. The molecule has 0 aliphatic heterocycles. The van der Waals surface area contributed by atoms with Crippen molar-refractivity contribution in [2.45, 2.75) is 53.5 Å². The summed E-state index contributed by atoms with van der Waals surface area (Å²) >= 11 is 0. The lowest BCUT2D eigenvalue weighted by atomic mass is 10.2. The first-order valence-corrected chi connectivity index (χ1v) is 8.76. The highest BCUT2D eigenvalue weighted by Crippen LogP contribution is 2.13. The first kappa shape index (κ1) is 22.4. The van der Waals surface area contributed by atoms with Gasteiger partial charge in [-0.25, -0.2) is 4.99 Å². The van der Waals surface area contributed by atoms with Gasteiger partial charge in [0, 0.05) is 43.7 Å². The Bertz CT molecular complexity index is 721. The summed E-state index contributed by atoms with van der Waals surface area (Å²) in [6.45, 7) is 12.3. The molecule has 2 rings (SSSR count). The molecule has 2 aromatic rings. The van der Waals surface area contributed by atoms with E-state index in [1.54, 1.807) is 0 Å². The second-order valence-corrected chi connectivity index (χ2v) is 6.35. The maximum Gasteiger partial charge on any atom is 0.228 e. The van der Waals surface area contributed by atoms with Crippen molar-refractivity contribution in [2.24, 2.45) is 12.0 Å². The number of aryl methyl sites for hydroxylation is 2. The summed E-state index contributed by atoms with van der Waals surface area (Å²) in [5.74, 6) is 2.44. The molecule has 0 radical (unpaired) electrons. The molecule has 2 heterocycles. The largest absolute Gasteiger partial charge is 0.357 e. The maximum absolute atomic E-state index is 5.26. The van der Waals surface area contributed by atoms with Crippen LogP contribution in [0, 0.1) is 13.8 Å². The minimum absolute atomic E-state index is 0. The SMILES string of the molecule is CCNC(=NCc1c(C)nn(C)c1C)NCCc1nc(C(C)C)no1.I. The van der Waals surface area contributed by atoms with Crippen molar-refractivity contribution in [3.05, 3.63) is 28.7 Å². The predicted octanol–water partition coefficient (Wildman–Crippen LogP) is 2.46. The Labute approximate surface area is 172 Å². The fourth-order valence-corrected chi connectivity index (χ4v) is 2.44. The Morgan fingerprint density at radius 3 is 2.54 bits per heavy atom. The Morgan fingerprint density at radius 2 is 2.00 bits per heavy atom. The molecular weight excluding hydrogens is 445 g/mol. The van der Waals surface area contributed by atoms with E-state index in [1.807, 2.05) is 39.4 Å². The molecule has 0 bridgehead atoms. The van der Waals surface area contributed by atoms with Crippen LogP contribution in [0.3, 0.4) is 0 Å². The van der Waals surface area contributed by atoms with Gasteiger partial charge in [-0.15, -0.1) is 24.0 Å². The lowest BCUT2D eigenvalue weighted by molar-refractivity contribution is 0.371. The van der Waals surface area contributed by atoms with Crippen molar-refractivity contribution < 1.29 is 4.52 Å². The van der Waals surface area contributed by atoms with Gasteiger partial charge in [0.15, 0.2) is 11.8 Å². The minimum atomic E-state index is 0. The first-order valence-electron chi connectivity index (χ1n) is 8.76. The third-order valence-corrected chi connectivity index (χ3v) is 4.03. The number of hydrogen-bond acceptors (Lipinski definition) is 5. The van der Waals surface area contributed by atoms with Gasteiger partial charge in [-0.1, -0.05) is 19.0 Å². The topological polar surface area (TPSA) is 93.2 Å². The van der Waals surface area contributed by atoms with Gasteiger partial charge in [-0.2, -0.15) is 10.1 Å². The Morgan fingerprint density at radius 1 is 1.27 bits per heavy atom. The predicted molar refractivity (Wildman–Crippen MR) is 113 cm³/mol. The summed E-state index contributed by atoms with van der Waals surface area (Å²) in [5, 5.41) is 15.0. The van der Waals surface area contributed by atoms with Crippen LogP contribution in [0.4, 0.5) is 0 Å².